The van der Waals surface area contributed by atoms with Crippen LogP contribution >= 0.6 is 0 Å². The third kappa shape index (κ3) is 7.74. The predicted molar refractivity (Wildman–Crippen MR) is 65.6 cm³/mol. The van der Waals surface area contributed by atoms with Crippen molar-refractivity contribution >= 4 is 5.78 Å². The normalized spacial score (nSPS) is 13.1. The first-order valence-electron chi connectivity index (χ1n) is 5.06. The van der Waals surface area contributed by atoms with Gasteiger partial charge in [0.05, 0.1) is 0 Å². The fraction of sp³-hybridized carbons (Fsp3) is 0.462. The van der Waals surface area contributed by atoms with E-state index >= 15 is 0 Å². The van der Waals surface area contributed by atoms with Crippen molar-refractivity contribution in [3.05, 3.63) is 36.6 Å². The van der Waals surface area contributed by atoms with Crippen molar-refractivity contribution in [1.82, 2.24) is 4.90 Å². The number of hydrogen-bond donors (Lipinski definition) is 0. The van der Waals surface area contributed by atoms with Gasteiger partial charge in [-0.25, -0.2) is 0 Å². The van der Waals surface area contributed by atoms with Crippen molar-refractivity contribution in [2.45, 2.75) is 20.8 Å². The van der Waals surface area contributed by atoms with Crippen molar-refractivity contribution in [3.8, 4) is 0 Å². The second-order valence-electron chi connectivity index (χ2n) is 4.66. The molecule has 2 heteroatoms. The van der Waals surface area contributed by atoms with Crippen LogP contribution in [-0.4, -0.2) is 24.8 Å². The fourth-order valence-electron chi connectivity index (χ4n) is 0.743. The zero-order valence-corrected chi connectivity index (χ0v) is 10.3. The largest absolute Gasteiger partial charge is 0.383 e. The van der Waals surface area contributed by atoms with Gasteiger partial charge in [-0.1, -0.05) is 39.0 Å². The molecular weight excluding hydrogens is 186 g/mol. The van der Waals surface area contributed by atoms with E-state index in [0.29, 0.717) is 0 Å². The highest BCUT2D eigenvalue weighted by atomic mass is 16.1. The minimum atomic E-state index is -0.288. The molecule has 15 heavy (non-hydrogen) atoms. The summed E-state index contributed by atoms with van der Waals surface area (Å²) in [6, 6.07) is 0. The highest BCUT2D eigenvalue weighted by molar-refractivity contribution is 5.94. The zero-order chi connectivity index (χ0) is 11.9. The van der Waals surface area contributed by atoms with Gasteiger partial charge in [-0.05, 0) is 18.4 Å². The summed E-state index contributed by atoms with van der Waals surface area (Å²) < 4.78 is 0. The Kier molecular flexibility index (Phi) is 5.68. The van der Waals surface area contributed by atoms with E-state index in [1.54, 1.807) is 12.2 Å². The van der Waals surface area contributed by atoms with Gasteiger partial charge in [-0.3, -0.25) is 4.79 Å². The number of allylic oxidation sites excluding steroid dienone is 5. The smallest absolute Gasteiger partial charge is 0.160 e. The molecule has 0 unspecified atom stereocenters. The van der Waals surface area contributed by atoms with Crippen LogP contribution in [0.1, 0.15) is 20.8 Å². The summed E-state index contributed by atoms with van der Waals surface area (Å²) in [5.74, 6) is 0.142. The average molecular weight is 207 g/mol. The molecule has 84 valence electrons. The Hall–Kier alpha value is -1.31. The SMILES string of the molecule is CN(C)/C=C/C=C/C=C/C(=O)C(C)(C)C. The van der Waals surface area contributed by atoms with E-state index in [1.165, 1.54) is 0 Å². The van der Waals surface area contributed by atoms with Crippen molar-refractivity contribution in [2.24, 2.45) is 5.41 Å². The summed E-state index contributed by atoms with van der Waals surface area (Å²) in [6.07, 6.45) is 11.0. The molecule has 0 aromatic rings. The Morgan fingerprint density at radius 1 is 1.00 bits per heavy atom. The van der Waals surface area contributed by atoms with Crippen molar-refractivity contribution in [3.63, 3.8) is 0 Å². The minimum absolute atomic E-state index is 0.142. The van der Waals surface area contributed by atoms with Gasteiger partial charge in [0.15, 0.2) is 5.78 Å². The molecule has 0 N–H and O–H groups in total. The van der Waals surface area contributed by atoms with Crippen LogP contribution in [0.25, 0.3) is 0 Å². The molecule has 0 heterocycles. The number of rotatable bonds is 4. The van der Waals surface area contributed by atoms with E-state index < -0.39 is 0 Å². The standard InChI is InChI=1S/C13H21NO/c1-13(2,3)12(15)10-8-6-7-9-11-14(4)5/h6-11H,1-5H3/b7-6+,10-8+,11-9+. The highest BCUT2D eigenvalue weighted by Gasteiger charge is 2.17. The van der Waals surface area contributed by atoms with Gasteiger partial charge < -0.3 is 4.90 Å². The van der Waals surface area contributed by atoms with Crippen LogP contribution in [0.5, 0.6) is 0 Å². The van der Waals surface area contributed by atoms with Crippen LogP contribution in [-0.2, 0) is 4.79 Å². The van der Waals surface area contributed by atoms with Crippen LogP contribution in [0.3, 0.4) is 0 Å². The first-order valence-corrected chi connectivity index (χ1v) is 5.06. The number of hydrogen-bond acceptors (Lipinski definition) is 2. The maximum absolute atomic E-state index is 11.5. The second kappa shape index (κ2) is 6.23. The van der Waals surface area contributed by atoms with Gasteiger partial charge >= 0.3 is 0 Å². The molecule has 0 bridgehead atoms. The van der Waals surface area contributed by atoms with Crippen molar-refractivity contribution in [2.75, 3.05) is 14.1 Å². The topological polar surface area (TPSA) is 20.3 Å². The summed E-state index contributed by atoms with van der Waals surface area (Å²) in [7, 11) is 3.92. The Morgan fingerprint density at radius 3 is 2.00 bits per heavy atom. The first-order chi connectivity index (χ1) is 6.84. The quantitative estimate of drug-likeness (QED) is 0.522. The van der Waals surface area contributed by atoms with Crippen LogP contribution < -0.4 is 0 Å². The van der Waals surface area contributed by atoms with Crippen LogP contribution in [0, 0.1) is 5.41 Å². The van der Waals surface area contributed by atoms with Crippen LogP contribution in [0.2, 0.25) is 0 Å². The molecule has 0 atom stereocenters. The van der Waals surface area contributed by atoms with Gasteiger partial charge in [0.1, 0.15) is 0 Å². The predicted octanol–water partition coefficient (Wildman–Crippen LogP) is 2.79. The molecule has 0 radical (unpaired) electrons. The molecule has 0 aliphatic carbocycles. The molecule has 0 fully saturated rings. The second-order valence-corrected chi connectivity index (χ2v) is 4.66. The molecule has 2 nitrogen and oxygen atoms in total. The minimum Gasteiger partial charge on any atom is -0.383 e. The van der Waals surface area contributed by atoms with Gasteiger partial charge in [-0.15, -0.1) is 0 Å². The lowest BCUT2D eigenvalue weighted by Crippen LogP contribution is -2.17. The molecule has 0 saturated carbocycles. The molecule has 0 spiro atoms. The van der Waals surface area contributed by atoms with E-state index in [0.717, 1.165) is 0 Å². The summed E-state index contributed by atoms with van der Waals surface area (Å²) in [6.45, 7) is 5.74. The van der Waals surface area contributed by atoms with E-state index in [-0.39, 0.29) is 11.2 Å². The van der Waals surface area contributed by atoms with Gasteiger partial charge in [0, 0.05) is 19.5 Å². The number of ketones is 1. The lowest BCUT2D eigenvalue weighted by atomic mass is 9.91. The zero-order valence-electron chi connectivity index (χ0n) is 10.3. The number of carbonyl (C=O) groups excluding carboxylic acids is 1. The van der Waals surface area contributed by atoms with E-state index in [1.807, 2.05) is 64.2 Å². The molecule has 0 saturated heterocycles. The maximum atomic E-state index is 11.5. The Bertz CT molecular complexity index is 277. The molecule has 0 rings (SSSR count). The van der Waals surface area contributed by atoms with Gasteiger partial charge in [-0.2, -0.15) is 0 Å². The number of carbonyl (C=O) groups is 1. The molecular formula is C13H21NO. The Morgan fingerprint density at radius 2 is 1.53 bits per heavy atom. The summed E-state index contributed by atoms with van der Waals surface area (Å²) in [5.41, 5.74) is -0.288. The van der Waals surface area contributed by atoms with E-state index in [2.05, 4.69) is 0 Å². The average Bonchev–Trinajstić information content (AvgIpc) is 2.08. The van der Waals surface area contributed by atoms with E-state index in [9.17, 15) is 4.79 Å². The van der Waals surface area contributed by atoms with Gasteiger partial charge in [0.25, 0.3) is 0 Å². The molecule has 0 amide bonds. The van der Waals surface area contributed by atoms with Crippen molar-refractivity contribution < 1.29 is 4.79 Å². The molecule has 0 aliphatic heterocycles. The Balaban J connectivity index is 4.06. The Labute approximate surface area is 93.0 Å². The van der Waals surface area contributed by atoms with Crippen LogP contribution in [0.4, 0.5) is 0 Å². The lowest BCUT2D eigenvalue weighted by molar-refractivity contribution is -0.121. The lowest BCUT2D eigenvalue weighted by Gasteiger charge is -2.12. The summed E-state index contributed by atoms with van der Waals surface area (Å²) in [5, 5.41) is 0. The van der Waals surface area contributed by atoms with E-state index in [4.69, 9.17) is 0 Å². The summed E-state index contributed by atoms with van der Waals surface area (Å²) >= 11 is 0. The monoisotopic (exact) mass is 207 g/mol. The first kappa shape index (κ1) is 13.7. The maximum Gasteiger partial charge on any atom is 0.160 e. The van der Waals surface area contributed by atoms with Crippen molar-refractivity contribution in [1.29, 1.82) is 0 Å². The summed E-state index contributed by atoms with van der Waals surface area (Å²) in [4.78, 5) is 13.4. The van der Waals surface area contributed by atoms with Crippen LogP contribution in [0.15, 0.2) is 36.6 Å². The fourth-order valence-corrected chi connectivity index (χ4v) is 0.743. The third-order valence-corrected chi connectivity index (χ3v) is 1.70. The molecule has 0 aromatic heterocycles. The van der Waals surface area contributed by atoms with Gasteiger partial charge in [0.2, 0.25) is 0 Å². The molecule has 0 aromatic carbocycles. The highest BCUT2D eigenvalue weighted by Crippen LogP contribution is 2.14. The molecule has 0 aliphatic rings. The third-order valence-electron chi connectivity index (χ3n) is 1.70. The number of nitrogens with zero attached hydrogens (tertiary/aromatic N) is 1.